The van der Waals surface area contributed by atoms with Crippen LogP contribution in [0, 0.1) is 0 Å². The number of anilines is 1. The number of ketones is 1. The average molecular weight is 137 g/mol. The Labute approximate surface area is 61.1 Å². The smallest absolute Gasteiger partial charge is 0.159 e. The van der Waals surface area contributed by atoms with Gasteiger partial charge in [0.25, 0.3) is 0 Å². The van der Waals surface area contributed by atoms with Gasteiger partial charge in [0.05, 0.1) is 0 Å². The first-order valence-electron chi connectivity index (χ1n) is 3.06. The third kappa shape index (κ3) is 1.35. The zero-order chi connectivity index (χ0) is 7.56. The van der Waals surface area contributed by atoms with Crippen LogP contribution in [-0.4, -0.2) is 5.78 Å². The Kier molecular flexibility index (Phi) is 1.71. The zero-order valence-corrected chi connectivity index (χ0v) is 5.79. The van der Waals surface area contributed by atoms with Crippen LogP contribution in [0.1, 0.15) is 18.7 Å². The van der Waals surface area contributed by atoms with Gasteiger partial charge in [0, 0.05) is 12.7 Å². The van der Waals surface area contributed by atoms with Gasteiger partial charge in [0.2, 0.25) is 0 Å². The maximum atomic E-state index is 10.7. The Bertz CT molecular complexity index is 260. The first-order chi connectivity index (χ1) is 4.70. The standard InChI is InChI=1S/C8H9NO.H2/c1-6(10)7-3-2-4-8(9)5-7;/h2-5H,9H2,1H3;1H. The Hall–Kier alpha value is -1.31. The average Bonchev–Trinajstić information content (AvgIpc) is 1.88. The molecule has 0 aliphatic heterocycles. The number of nitrogens with two attached hydrogens (primary N) is 1. The lowest BCUT2D eigenvalue weighted by atomic mass is 10.1. The van der Waals surface area contributed by atoms with E-state index in [9.17, 15) is 4.79 Å². The van der Waals surface area contributed by atoms with Crippen LogP contribution < -0.4 is 5.73 Å². The Morgan fingerprint density at radius 3 is 2.70 bits per heavy atom. The fourth-order valence-corrected chi connectivity index (χ4v) is 0.758. The van der Waals surface area contributed by atoms with E-state index in [-0.39, 0.29) is 7.21 Å². The molecular formula is C8H11NO. The molecule has 10 heavy (non-hydrogen) atoms. The van der Waals surface area contributed by atoms with Crippen molar-refractivity contribution >= 4 is 11.5 Å². The van der Waals surface area contributed by atoms with E-state index in [1.54, 1.807) is 24.3 Å². The van der Waals surface area contributed by atoms with Gasteiger partial charge in [-0.25, -0.2) is 0 Å². The summed E-state index contributed by atoms with van der Waals surface area (Å²) in [6, 6.07) is 6.94. The molecular weight excluding hydrogens is 126 g/mol. The fraction of sp³-hybridized carbons (Fsp3) is 0.125. The zero-order valence-electron chi connectivity index (χ0n) is 5.79. The molecule has 0 radical (unpaired) electrons. The number of carbonyl (C=O) groups excluding carboxylic acids is 1. The molecule has 54 valence electrons. The van der Waals surface area contributed by atoms with Crippen LogP contribution in [0.5, 0.6) is 0 Å². The quantitative estimate of drug-likeness (QED) is 0.473. The second kappa shape index (κ2) is 2.52. The second-order valence-electron chi connectivity index (χ2n) is 2.18. The molecule has 0 bridgehead atoms. The molecule has 0 amide bonds. The van der Waals surface area contributed by atoms with Gasteiger partial charge in [-0.05, 0) is 19.1 Å². The molecule has 2 N–H and O–H groups in total. The molecule has 0 saturated carbocycles. The van der Waals surface area contributed by atoms with Gasteiger partial charge in [0.15, 0.2) is 5.78 Å². The highest BCUT2D eigenvalue weighted by Gasteiger charge is 1.96. The monoisotopic (exact) mass is 137 g/mol. The third-order valence-corrected chi connectivity index (χ3v) is 1.29. The van der Waals surface area contributed by atoms with Crippen molar-refractivity contribution in [1.82, 2.24) is 0 Å². The molecule has 0 heterocycles. The van der Waals surface area contributed by atoms with E-state index < -0.39 is 0 Å². The molecule has 0 fully saturated rings. The van der Waals surface area contributed by atoms with Crippen LogP contribution in [-0.2, 0) is 0 Å². The molecule has 2 nitrogen and oxygen atoms in total. The van der Waals surface area contributed by atoms with Gasteiger partial charge >= 0.3 is 0 Å². The molecule has 0 atom stereocenters. The minimum Gasteiger partial charge on any atom is -0.399 e. The lowest BCUT2D eigenvalue weighted by Crippen LogP contribution is -1.93. The number of benzene rings is 1. The van der Waals surface area contributed by atoms with Crippen LogP contribution >= 0.6 is 0 Å². The van der Waals surface area contributed by atoms with Crippen LogP contribution in [0.2, 0.25) is 0 Å². The lowest BCUT2D eigenvalue weighted by molar-refractivity contribution is 0.101. The fourth-order valence-electron chi connectivity index (χ4n) is 0.758. The highest BCUT2D eigenvalue weighted by Crippen LogP contribution is 2.06. The van der Waals surface area contributed by atoms with Crippen molar-refractivity contribution in [3.05, 3.63) is 29.8 Å². The van der Waals surface area contributed by atoms with Crippen molar-refractivity contribution in [3.63, 3.8) is 0 Å². The molecule has 0 aliphatic rings. The van der Waals surface area contributed by atoms with E-state index in [1.807, 2.05) is 0 Å². The van der Waals surface area contributed by atoms with Crippen LogP contribution in [0.3, 0.4) is 0 Å². The summed E-state index contributed by atoms with van der Waals surface area (Å²) in [5.41, 5.74) is 6.74. The minimum absolute atomic E-state index is 0. The number of Topliss-reactive ketones (excluding diaryl/α,β-unsaturated/α-hetero) is 1. The van der Waals surface area contributed by atoms with E-state index >= 15 is 0 Å². The molecule has 2 heteroatoms. The summed E-state index contributed by atoms with van der Waals surface area (Å²) in [6.07, 6.45) is 0. The first-order valence-corrected chi connectivity index (χ1v) is 3.06. The number of rotatable bonds is 1. The number of carbonyl (C=O) groups is 1. The van der Waals surface area contributed by atoms with E-state index in [2.05, 4.69) is 0 Å². The van der Waals surface area contributed by atoms with Gasteiger partial charge in [-0.15, -0.1) is 0 Å². The summed E-state index contributed by atoms with van der Waals surface area (Å²) >= 11 is 0. The third-order valence-electron chi connectivity index (χ3n) is 1.29. The van der Waals surface area contributed by atoms with Gasteiger partial charge in [-0.2, -0.15) is 0 Å². The van der Waals surface area contributed by atoms with Crippen LogP contribution in [0.15, 0.2) is 24.3 Å². The largest absolute Gasteiger partial charge is 0.399 e. The summed E-state index contributed by atoms with van der Waals surface area (Å²) in [5, 5.41) is 0. The molecule has 0 unspecified atom stereocenters. The van der Waals surface area contributed by atoms with Crippen molar-refractivity contribution in [3.8, 4) is 0 Å². The molecule has 0 aromatic heterocycles. The van der Waals surface area contributed by atoms with Gasteiger partial charge in [0.1, 0.15) is 0 Å². The number of nitrogen functional groups attached to an aromatic ring is 1. The SMILES string of the molecule is CC(=O)c1cccc(N)c1.[HH]. The molecule has 1 aromatic rings. The van der Waals surface area contributed by atoms with Gasteiger partial charge in [-0.3, -0.25) is 4.79 Å². The topological polar surface area (TPSA) is 43.1 Å². The van der Waals surface area contributed by atoms with Crippen molar-refractivity contribution in [2.24, 2.45) is 0 Å². The summed E-state index contributed by atoms with van der Waals surface area (Å²) < 4.78 is 0. The van der Waals surface area contributed by atoms with E-state index in [0.29, 0.717) is 11.3 Å². The van der Waals surface area contributed by atoms with Crippen molar-refractivity contribution < 1.29 is 6.22 Å². The molecule has 1 aromatic carbocycles. The minimum atomic E-state index is 0. The maximum Gasteiger partial charge on any atom is 0.159 e. The van der Waals surface area contributed by atoms with Gasteiger partial charge < -0.3 is 5.73 Å². The molecule has 0 saturated heterocycles. The Morgan fingerprint density at radius 2 is 2.30 bits per heavy atom. The summed E-state index contributed by atoms with van der Waals surface area (Å²) in [6.45, 7) is 1.52. The summed E-state index contributed by atoms with van der Waals surface area (Å²) in [5.74, 6) is 0.0484. The van der Waals surface area contributed by atoms with Crippen molar-refractivity contribution in [1.29, 1.82) is 0 Å². The van der Waals surface area contributed by atoms with E-state index in [1.165, 1.54) is 6.92 Å². The van der Waals surface area contributed by atoms with Crippen LogP contribution in [0.25, 0.3) is 0 Å². The Balaban J connectivity index is 0.000001000. The highest BCUT2D eigenvalue weighted by molar-refractivity contribution is 5.94. The van der Waals surface area contributed by atoms with E-state index in [0.717, 1.165) is 0 Å². The van der Waals surface area contributed by atoms with Crippen molar-refractivity contribution in [2.75, 3.05) is 5.73 Å². The van der Waals surface area contributed by atoms with Gasteiger partial charge in [-0.1, -0.05) is 12.1 Å². The molecule has 0 aliphatic carbocycles. The summed E-state index contributed by atoms with van der Waals surface area (Å²) in [7, 11) is 0. The van der Waals surface area contributed by atoms with E-state index in [4.69, 9.17) is 5.73 Å². The highest BCUT2D eigenvalue weighted by atomic mass is 16.1. The second-order valence-corrected chi connectivity index (χ2v) is 2.18. The lowest BCUT2D eigenvalue weighted by Gasteiger charge is -1.94. The normalized spacial score (nSPS) is 9.30. The predicted octanol–water partition coefficient (Wildman–Crippen LogP) is 1.72. The summed E-state index contributed by atoms with van der Waals surface area (Å²) in [4.78, 5) is 10.7. The first kappa shape index (κ1) is 6.81. The Morgan fingerprint density at radius 1 is 1.60 bits per heavy atom. The van der Waals surface area contributed by atoms with Crippen molar-refractivity contribution in [2.45, 2.75) is 6.92 Å². The molecule has 1 rings (SSSR count). The van der Waals surface area contributed by atoms with Crippen LogP contribution in [0.4, 0.5) is 5.69 Å². The maximum absolute atomic E-state index is 10.7. The number of hydrogen-bond donors (Lipinski definition) is 1. The predicted molar refractivity (Wildman–Crippen MR) is 43.0 cm³/mol. The molecule has 0 spiro atoms. The number of hydrogen-bond acceptors (Lipinski definition) is 2.